The van der Waals surface area contributed by atoms with Crippen LogP contribution in [0.3, 0.4) is 0 Å². The van der Waals surface area contributed by atoms with Gasteiger partial charge in [0, 0.05) is 25.7 Å². The Kier molecular flexibility index (Phi) is 5.04. The number of methoxy groups -OCH3 is 1. The summed E-state index contributed by atoms with van der Waals surface area (Å²) in [6.45, 7) is 9.48. The Morgan fingerprint density at radius 3 is 2.70 bits per heavy atom. The third kappa shape index (κ3) is 3.51. The fraction of sp³-hybridized carbons (Fsp3) is 0.933. The van der Waals surface area contributed by atoms with E-state index in [1.54, 1.807) is 0 Å². The number of nitrogens with one attached hydrogen (secondary N) is 1. The van der Waals surface area contributed by atoms with E-state index in [4.69, 9.17) is 9.47 Å². The molecule has 5 nitrogen and oxygen atoms in total. The van der Waals surface area contributed by atoms with Crippen LogP contribution in [-0.2, 0) is 14.3 Å². The predicted molar refractivity (Wildman–Crippen MR) is 77.6 cm³/mol. The number of hydrogen-bond donors (Lipinski definition) is 1. The maximum absolute atomic E-state index is 12.5. The van der Waals surface area contributed by atoms with E-state index in [0.717, 1.165) is 39.1 Å². The van der Waals surface area contributed by atoms with Crippen LogP contribution < -0.4 is 5.32 Å². The van der Waals surface area contributed by atoms with Crippen LogP contribution in [0, 0.1) is 5.92 Å². The van der Waals surface area contributed by atoms with Crippen molar-refractivity contribution in [2.24, 2.45) is 5.92 Å². The van der Waals surface area contributed by atoms with Gasteiger partial charge < -0.3 is 9.47 Å². The average molecular weight is 284 g/mol. The van der Waals surface area contributed by atoms with Gasteiger partial charge in [0.15, 0.2) is 0 Å². The molecule has 116 valence electrons. The van der Waals surface area contributed by atoms with Crippen molar-refractivity contribution in [2.75, 3.05) is 33.4 Å². The smallest absolute Gasteiger partial charge is 0.327 e. The maximum Gasteiger partial charge on any atom is 0.327 e. The quantitative estimate of drug-likeness (QED) is 0.738. The minimum Gasteiger partial charge on any atom is -0.468 e. The normalized spacial score (nSPS) is 27.4. The first-order valence-electron chi connectivity index (χ1n) is 7.68. The summed E-state index contributed by atoms with van der Waals surface area (Å²) in [5.41, 5.74) is -0.556. The Morgan fingerprint density at radius 2 is 2.20 bits per heavy atom. The molecule has 0 radical (unpaired) electrons. The van der Waals surface area contributed by atoms with Crippen molar-refractivity contribution in [3.8, 4) is 0 Å². The van der Waals surface area contributed by atoms with Crippen LogP contribution in [0.4, 0.5) is 0 Å². The standard InChI is InChI=1S/C15H28N2O3/c1-11(2)16-15(13-5-6-13,14(18)19-4)10-17-7-8-20-12(3)9-17/h11-13,16H,5-10H2,1-4H3. The van der Waals surface area contributed by atoms with E-state index in [1.807, 2.05) is 0 Å². The molecule has 0 aromatic carbocycles. The molecule has 1 heterocycles. The van der Waals surface area contributed by atoms with E-state index in [2.05, 4.69) is 31.0 Å². The lowest BCUT2D eigenvalue weighted by atomic mass is 9.90. The molecular formula is C15H28N2O3. The van der Waals surface area contributed by atoms with Gasteiger partial charge >= 0.3 is 5.97 Å². The van der Waals surface area contributed by atoms with Crippen LogP contribution in [0.15, 0.2) is 0 Å². The van der Waals surface area contributed by atoms with E-state index >= 15 is 0 Å². The molecule has 1 saturated carbocycles. The largest absolute Gasteiger partial charge is 0.468 e. The minimum absolute atomic E-state index is 0.118. The number of ether oxygens (including phenoxy) is 2. The molecule has 0 spiro atoms. The van der Waals surface area contributed by atoms with E-state index in [-0.39, 0.29) is 18.1 Å². The van der Waals surface area contributed by atoms with Crippen LogP contribution in [0.1, 0.15) is 33.6 Å². The molecule has 2 fully saturated rings. The van der Waals surface area contributed by atoms with Crippen LogP contribution in [-0.4, -0.2) is 61.9 Å². The predicted octanol–water partition coefficient (Wildman–Crippen LogP) is 1.03. The molecule has 2 aliphatic rings. The molecule has 1 N–H and O–H groups in total. The molecular weight excluding hydrogens is 256 g/mol. The lowest BCUT2D eigenvalue weighted by Gasteiger charge is -2.41. The van der Waals surface area contributed by atoms with E-state index in [1.165, 1.54) is 7.11 Å². The molecule has 5 heteroatoms. The van der Waals surface area contributed by atoms with Gasteiger partial charge in [-0.2, -0.15) is 0 Å². The van der Waals surface area contributed by atoms with Crippen molar-refractivity contribution in [1.29, 1.82) is 0 Å². The number of carbonyl (C=O) groups is 1. The first kappa shape index (κ1) is 15.7. The lowest BCUT2D eigenvalue weighted by molar-refractivity contribution is -0.152. The zero-order valence-electron chi connectivity index (χ0n) is 13.1. The molecule has 2 atom stereocenters. The van der Waals surface area contributed by atoms with Gasteiger partial charge in [-0.25, -0.2) is 4.79 Å². The summed E-state index contributed by atoms with van der Waals surface area (Å²) in [5.74, 6) is 0.281. The molecule has 1 aliphatic heterocycles. The van der Waals surface area contributed by atoms with Gasteiger partial charge in [-0.15, -0.1) is 0 Å². The highest BCUT2D eigenvalue weighted by Crippen LogP contribution is 2.41. The van der Waals surface area contributed by atoms with Gasteiger partial charge in [-0.05, 0) is 39.5 Å². The highest BCUT2D eigenvalue weighted by molar-refractivity contribution is 5.82. The first-order valence-corrected chi connectivity index (χ1v) is 7.68. The fourth-order valence-electron chi connectivity index (χ4n) is 3.24. The van der Waals surface area contributed by atoms with Crippen LogP contribution in [0.2, 0.25) is 0 Å². The highest BCUT2D eigenvalue weighted by atomic mass is 16.5. The molecule has 0 amide bonds. The summed E-state index contributed by atoms with van der Waals surface area (Å²) in [7, 11) is 1.49. The van der Waals surface area contributed by atoms with Crippen molar-refractivity contribution in [1.82, 2.24) is 10.2 Å². The number of morpholine rings is 1. The van der Waals surface area contributed by atoms with E-state index in [0.29, 0.717) is 5.92 Å². The average Bonchev–Trinajstić information content (AvgIpc) is 3.20. The molecule has 2 unspecified atom stereocenters. The number of hydrogen-bond acceptors (Lipinski definition) is 5. The van der Waals surface area contributed by atoms with Crippen LogP contribution in [0.5, 0.6) is 0 Å². The second-order valence-corrected chi connectivity index (χ2v) is 6.45. The Labute approximate surface area is 122 Å². The highest BCUT2D eigenvalue weighted by Gasteiger charge is 2.53. The molecule has 1 aliphatic carbocycles. The zero-order chi connectivity index (χ0) is 14.8. The minimum atomic E-state index is -0.556. The Hall–Kier alpha value is -0.650. The summed E-state index contributed by atoms with van der Waals surface area (Å²) >= 11 is 0. The number of esters is 1. The van der Waals surface area contributed by atoms with E-state index < -0.39 is 5.54 Å². The van der Waals surface area contributed by atoms with Gasteiger partial charge in [-0.3, -0.25) is 10.2 Å². The lowest BCUT2D eigenvalue weighted by Crippen LogP contribution is -2.64. The van der Waals surface area contributed by atoms with Gasteiger partial charge in [0.05, 0.1) is 19.8 Å². The third-order valence-electron chi connectivity index (χ3n) is 4.17. The van der Waals surface area contributed by atoms with Crippen molar-refractivity contribution in [2.45, 2.75) is 51.3 Å². The van der Waals surface area contributed by atoms with Crippen LogP contribution in [0.25, 0.3) is 0 Å². The third-order valence-corrected chi connectivity index (χ3v) is 4.17. The van der Waals surface area contributed by atoms with Gasteiger partial charge in [0.2, 0.25) is 0 Å². The SMILES string of the molecule is COC(=O)C(CN1CCOC(C)C1)(NC(C)C)C1CC1. The van der Waals surface area contributed by atoms with Crippen molar-refractivity contribution in [3.05, 3.63) is 0 Å². The second kappa shape index (κ2) is 6.41. The number of nitrogens with zero attached hydrogens (tertiary/aromatic N) is 1. The molecule has 20 heavy (non-hydrogen) atoms. The summed E-state index contributed by atoms with van der Waals surface area (Å²) in [6, 6.07) is 0.258. The Balaban J connectivity index is 2.13. The van der Waals surface area contributed by atoms with Crippen molar-refractivity contribution < 1.29 is 14.3 Å². The van der Waals surface area contributed by atoms with E-state index in [9.17, 15) is 4.79 Å². The number of rotatable bonds is 6. The van der Waals surface area contributed by atoms with Crippen LogP contribution >= 0.6 is 0 Å². The maximum atomic E-state index is 12.5. The topological polar surface area (TPSA) is 50.8 Å². The molecule has 2 rings (SSSR count). The first-order chi connectivity index (χ1) is 9.48. The monoisotopic (exact) mass is 284 g/mol. The Morgan fingerprint density at radius 1 is 1.50 bits per heavy atom. The van der Waals surface area contributed by atoms with Crippen molar-refractivity contribution >= 4 is 5.97 Å². The van der Waals surface area contributed by atoms with Crippen molar-refractivity contribution in [3.63, 3.8) is 0 Å². The molecule has 0 aromatic heterocycles. The second-order valence-electron chi connectivity index (χ2n) is 6.45. The fourth-order valence-corrected chi connectivity index (χ4v) is 3.24. The molecule has 0 aromatic rings. The molecule has 1 saturated heterocycles. The number of carbonyl (C=O) groups excluding carboxylic acids is 1. The van der Waals surface area contributed by atoms with Gasteiger partial charge in [0.1, 0.15) is 5.54 Å². The summed E-state index contributed by atoms with van der Waals surface area (Å²) in [4.78, 5) is 14.8. The summed E-state index contributed by atoms with van der Waals surface area (Å²) < 4.78 is 10.7. The summed E-state index contributed by atoms with van der Waals surface area (Å²) in [5, 5.41) is 3.51. The summed E-state index contributed by atoms with van der Waals surface area (Å²) in [6.07, 6.45) is 2.45. The van der Waals surface area contributed by atoms with Gasteiger partial charge in [0.25, 0.3) is 0 Å². The Bertz CT molecular complexity index is 344. The molecule has 0 bridgehead atoms. The zero-order valence-corrected chi connectivity index (χ0v) is 13.1. The van der Waals surface area contributed by atoms with Gasteiger partial charge in [-0.1, -0.05) is 0 Å².